The Bertz CT molecular complexity index is 837. The summed E-state index contributed by atoms with van der Waals surface area (Å²) in [5, 5.41) is 11.2. The number of hydrogen-bond acceptors (Lipinski definition) is 7. The Kier molecular flexibility index (Phi) is 7.40. The van der Waals surface area contributed by atoms with Crippen LogP contribution in [-0.2, 0) is 9.47 Å². The number of esters is 1. The number of rotatable bonds is 6. The maximum atomic E-state index is 13.2. The number of aliphatic hydroxyl groups excluding tert-OH is 1. The second-order valence-corrected chi connectivity index (χ2v) is 9.31. The fraction of sp³-hybridized carbons (Fsp3) is 0.640. The van der Waals surface area contributed by atoms with E-state index >= 15 is 0 Å². The molecule has 1 aromatic rings. The summed E-state index contributed by atoms with van der Waals surface area (Å²) >= 11 is 0. The number of benzene rings is 1. The Morgan fingerprint density at radius 1 is 1.16 bits per heavy atom. The van der Waals surface area contributed by atoms with Gasteiger partial charge in [0.25, 0.3) is 0 Å². The Hall–Kier alpha value is -2.25. The number of methoxy groups -OCH3 is 3. The van der Waals surface area contributed by atoms with Crippen LogP contribution in [0.25, 0.3) is 0 Å². The summed E-state index contributed by atoms with van der Waals surface area (Å²) < 4.78 is 28.1. The van der Waals surface area contributed by atoms with Crippen molar-refractivity contribution < 1.29 is 33.6 Å². The summed E-state index contributed by atoms with van der Waals surface area (Å²) in [6.45, 7) is 8.16. The molecule has 0 radical (unpaired) electrons. The van der Waals surface area contributed by atoms with Crippen LogP contribution in [0.5, 0.6) is 17.2 Å². The Labute approximate surface area is 190 Å². The number of fused-ring (bicyclic) bond motifs is 1. The lowest BCUT2D eigenvalue weighted by molar-refractivity contribution is -0.0419. The number of ether oxygens (including phenoxy) is 5. The first-order valence-electron chi connectivity index (χ1n) is 11.2. The van der Waals surface area contributed by atoms with E-state index in [0.717, 1.165) is 18.4 Å². The normalized spacial score (nSPS) is 30.1. The third-order valence-corrected chi connectivity index (χ3v) is 6.66. The van der Waals surface area contributed by atoms with Crippen LogP contribution < -0.4 is 14.2 Å². The van der Waals surface area contributed by atoms with Crippen molar-refractivity contribution in [2.45, 2.75) is 70.9 Å². The molecule has 32 heavy (non-hydrogen) atoms. The molecule has 0 amide bonds. The lowest BCUT2D eigenvalue weighted by Crippen LogP contribution is -2.43. The van der Waals surface area contributed by atoms with Crippen molar-refractivity contribution in [2.75, 3.05) is 21.3 Å². The molecule has 178 valence electrons. The van der Waals surface area contributed by atoms with E-state index in [9.17, 15) is 9.90 Å². The lowest BCUT2D eigenvalue weighted by atomic mass is 9.78. The molecule has 0 unspecified atom stereocenters. The monoisotopic (exact) mass is 448 g/mol. The second-order valence-electron chi connectivity index (χ2n) is 9.31. The quantitative estimate of drug-likeness (QED) is 0.397. The first-order chi connectivity index (χ1) is 15.1. The van der Waals surface area contributed by atoms with Crippen molar-refractivity contribution in [1.29, 1.82) is 0 Å². The van der Waals surface area contributed by atoms with Gasteiger partial charge in [-0.1, -0.05) is 25.5 Å². The molecule has 0 aromatic heterocycles. The predicted molar refractivity (Wildman–Crippen MR) is 121 cm³/mol. The number of carbonyl (C=O) groups is 1. The summed E-state index contributed by atoms with van der Waals surface area (Å²) in [7, 11) is 4.51. The maximum Gasteiger partial charge on any atom is 0.338 e. The van der Waals surface area contributed by atoms with Crippen molar-refractivity contribution >= 4 is 5.97 Å². The minimum Gasteiger partial charge on any atom is -0.493 e. The third kappa shape index (κ3) is 4.89. The van der Waals surface area contributed by atoms with Gasteiger partial charge in [0.1, 0.15) is 12.2 Å². The van der Waals surface area contributed by atoms with Crippen molar-refractivity contribution in [3.05, 3.63) is 29.3 Å². The van der Waals surface area contributed by atoms with E-state index in [1.807, 2.05) is 27.7 Å². The standard InChI is InChI=1S/C25H36O7/c1-14(2)20-17(11-15(3)9-8-10-25(4)23(32-25)21(20)26)31-24(27)16-12-18(28-5)22(30-7)19(13-16)29-6/h9,12-14,17,20-21,23,26H,8,10-11H2,1-7H3/t17-,20-,21-,23+,25-/m1/s1. The van der Waals surface area contributed by atoms with Crippen molar-refractivity contribution in [3.8, 4) is 17.2 Å². The van der Waals surface area contributed by atoms with Crippen molar-refractivity contribution in [1.82, 2.24) is 0 Å². The van der Waals surface area contributed by atoms with Gasteiger partial charge < -0.3 is 28.8 Å². The molecule has 3 rings (SSSR count). The Balaban J connectivity index is 1.93. The molecule has 1 fully saturated rings. The number of epoxide rings is 1. The minimum absolute atomic E-state index is 0.0865. The van der Waals surface area contributed by atoms with Gasteiger partial charge in [-0.15, -0.1) is 0 Å². The molecular formula is C25H36O7. The molecule has 0 spiro atoms. The van der Waals surface area contributed by atoms with Gasteiger partial charge in [0.2, 0.25) is 5.75 Å². The van der Waals surface area contributed by atoms with E-state index in [1.165, 1.54) is 21.3 Å². The Morgan fingerprint density at radius 3 is 2.31 bits per heavy atom. The fourth-order valence-electron chi connectivity index (χ4n) is 4.80. The summed E-state index contributed by atoms with van der Waals surface area (Å²) in [6, 6.07) is 3.16. The van der Waals surface area contributed by atoms with Gasteiger partial charge in [-0.2, -0.15) is 0 Å². The highest BCUT2D eigenvalue weighted by Crippen LogP contribution is 2.47. The van der Waals surface area contributed by atoms with E-state index in [2.05, 4.69) is 6.08 Å². The van der Waals surface area contributed by atoms with Crippen LogP contribution in [-0.4, -0.2) is 56.3 Å². The molecule has 1 heterocycles. The lowest BCUT2D eigenvalue weighted by Gasteiger charge is -2.34. The predicted octanol–water partition coefficient (Wildman–Crippen LogP) is 4.16. The summed E-state index contributed by atoms with van der Waals surface area (Å²) in [4.78, 5) is 13.2. The van der Waals surface area contributed by atoms with E-state index in [4.69, 9.17) is 23.7 Å². The highest BCUT2D eigenvalue weighted by molar-refractivity contribution is 5.91. The number of hydrogen-bond donors (Lipinski definition) is 1. The van der Waals surface area contributed by atoms with Crippen molar-refractivity contribution in [2.24, 2.45) is 11.8 Å². The molecule has 1 aliphatic carbocycles. The van der Waals surface area contributed by atoms with Gasteiger partial charge in [0, 0.05) is 12.3 Å². The van der Waals surface area contributed by atoms with E-state index < -0.39 is 18.2 Å². The molecule has 7 heteroatoms. The minimum atomic E-state index is -0.719. The molecule has 1 N–H and O–H groups in total. The van der Waals surface area contributed by atoms with E-state index in [0.29, 0.717) is 29.2 Å². The maximum absolute atomic E-state index is 13.2. The average Bonchev–Trinajstić information content (AvgIpc) is 3.43. The number of carbonyl (C=O) groups excluding carboxylic acids is 1. The van der Waals surface area contributed by atoms with E-state index in [1.54, 1.807) is 12.1 Å². The molecule has 2 aliphatic rings. The van der Waals surface area contributed by atoms with Gasteiger partial charge in [-0.3, -0.25) is 0 Å². The van der Waals surface area contributed by atoms with Crippen LogP contribution in [0.3, 0.4) is 0 Å². The zero-order chi connectivity index (χ0) is 23.6. The molecule has 0 saturated carbocycles. The van der Waals surface area contributed by atoms with Crippen LogP contribution in [0, 0.1) is 11.8 Å². The first kappa shape index (κ1) is 24.4. The van der Waals surface area contributed by atoms with Crippen LogP contribution >= 0.6 is 0 Å². The molecule has 0 bridgehead atoms. The third-order valence-electron chi connectivity index (χ3n) is 6.66. The van der Waals surface area contributed by atoms with Gasteiger partial charge in [-0.25, -0.2) is 4.79 Å². The SMILES string of the molecule is COc1cc(C(=O)O[C@@H]2CC(C)=CCC[C@@]3(C)O[C@H]3[C@H](O)[C@@H]2C(C)C)cc(OC)c1OC. The number of aliphatic hydroxyl groups is 1. The van der Waals surface area contributed by atoms with Gasteiger partial charge >= 0.3 is 5.97 Å². The average molecular weight is 449 g/mol. The molecular weight excluding hydrogens is 412 g/mol. The van der Waals surface area contributed by atoms with Gasteiger partial charge in [0.05, 0.1) is 38.6 Å². The highest BCUT2D eigenvalue weighted by Gasteiger charge is 2.58. The smallest absolute Gasteiger partial charge is 0.338 e. The second kappa shape index (κ2) is 9.71. The summed E-state index contributed by atoms with van der Waals surface area (Å²) in [6.07, 6.45) is 3.00. The molecule has 1 aromatic carbocycles. The Morgan fingerprint density at radius 2 is 1.78 bits per heavy atom. The fourth-order valence-corrected chi connectivity index (χ4v) is 4.80. The van der Waals surface area contributed by atoms with E-state index in [-0.39, 0.29) is 23.5 Å². The summed E-state index contributed by atoms with van der Waals surface area (Å²) in [5.41, 5.74) is 1.10. The first-order valence-corrected chi connectivity index (χ1v) is 11.2. The topological polar surface area (TPSA) is 86.8 Å². The molecule has 1 saturated heterocycles. The van der Waals surface area contributed by atoms with Crippen LogP contribution in [0.15, 0.2) is 23.8 Å². The van der Waals surface area contributed by atoms with Gasteiger partial charge in [0.15, 0.2) is 11.5 Å². The highest BCUT2D eigenvalue weighted by atomic mass is 16.6. The van der Waals surface area contributed by atoms with Crippen LogP contribution in [0.4, 0.5) is 0 Å². The largest absolute Gasteiger partial charge is 0.493 e. The van der Waals surface area contributed by atoms with Crippen LogP contribution in [0.2, 0.25) is 0 Å². The summed E-state index contributed by atoms with van der Waals surface area (Å²) in [5.74, 6) is 0.477. The van der Waals surface area contributed by atoms with Crippen molar-refractivity contribution in [3.63, 3.8) is 0 Å². The number of allylic oxidation sites excluding steroid dienone is 1. The zero-order valence-corrected chi connectivity index (χ0v) is 20.1. The molecule has 7 nitrogen and oxygen atoms in total. The molecule has 1 aliphatic heterocycles. The van der Waals surface area contributed by atoms with Gasteiger partial charge in [-0.05, 0) is 44.7 Å². The molecule has 5 atom stereocenters. The van der Waals surface area contributed by atoms with Crippen LogP contribution in [0.1, 0.15) is 57.3 Å². The zero-order valence-electron chi connectivity index (χ0n) is 20.1.